The van der Waals surface area contributed by atoms with Crippen molar-refractivity contribution in [1.29, 1.82) is 0 Å². The molecule has 0 saturated carbocycles. The number of aromatic amines is 1. The van der Waals surface area contributed by atoms with Gasteiger partial charge in [0.15, 0.2) is 5.82 Å². The van der Waals surface area contributed by atoms with Crippen LogP contribution in [0.25, 0.3) is 10.9 Å². The summed E-state index contributed by atoms with van der Waals surface area (Å²) in [6.45, 7) is 1.85. The number of halogens is 4. The van der Waals surface area contributed by atoms with Crippen molar-refractivity contribution in [1.82, 2.24) is 9.97 Å². The van der Waals surface area contributed by atoms with E-state index >= 15 is 0 Å². The minimum atomic E-state index is -0.743. The second-order valence-electron chi connectivity index (χ2n) is 5.36. The van der Waals surface area contributed by atoms with Crippen LogP contribution in [-0.2, 0) is 6.42 Å². The molecule has 5 N–H and O–H groups in total. The maximum atomic E-state index is 13.5. The number of amides is 1. The van der Waals surface area contributed by atoms with E-state index in [4.69, 9.17) is 11.5 Å². The van der Waals surface area contributed by atoms with Crippen molar-refractivity contribution < 1.29 is 13.6 Å². The van der Waals surface area contributed by atoms with Gasteiger partial charge in [-0.15, -0.1) is 0 Å². The van der Waals surface area contributed by atoms with Crippen LogP contribution < -0.4 is 17.0 Å². The number of nitrogens with zero attached hydrogens (tertiary/aromatic N) is 1. The quantitative estimate of drug-likeness (QED) is 0.463. The number of nitrogens with two attached hydrogens (primary N) is 2. The lowest BCUT2D eigenvalue weighted by Gasteiger charge is -2.02. The van der Waals surface area contributed by atoms with E-state index < -0.39 is 17.5 Å². The monoisotopic (exact) mass is 502 g/mol. The standard InChI is InChI=1S/C10H8BrFN2O.C7H6BrFN2O/c1-2-8-13-9-6(10(15)14-8)3-5(11)4-7(9)12;8-3-1-4(7(11)12)6(10)5(9)2-3/h3-4H,2H2,1H3,(H,13,14,15);1-2H,10H2,(H2,11,12). The van der Waals surface area contributed by atoms with Gasteiger partial charge in [-0.1, -0.05) is 38.8 Å². The zero-order valence-corrected chi connectivity index (χ0v) is 17.1. The first-order valence-corrected chi connectivity index (χ1v) is 9.14. The lowest BCUT2D eigenvalue weighted by Crippen LogP contribution is -2.14. The number of hydrogen-bond donors (Lipinski definition) is 3. The Kier molecular flexibility index (Phi) is 6.66. The lowest BCUT2D eigenvalue weighted by atomic mass is 10.1. The number of H-pyrrole nitrogens is 1. The van der Waals surface area contributed by atoms with E-state index in [2.05, 4.69) is 41.8 Å². The Hall–Kier alpha value is -2.33. The molecule has 0 radical (unpaired) electrons. The highest BCUT2D eigenvalue weighted by molar-refractivity contribution is 9.10. The molecule has 0 aliphatic rings. The van der Waals surface area contributed by atoms with Gasteiger partial charge in [0.05, 0.1) is 16.6 Å². The molecular weight excluding hydrogens is 490 g/mol. The van der Waals surface area contributed by atoms with Crippen molar-refractivity contribution in [2.45, 2.75) is 13.3 Å². The number of primary amides is 1. The number of carbonyl (C=O) groups is 1. The summed E-state index contributed by atoms with van der Waals surface area (Å²) in [6.07, 6.45) is 0.570. The zero-order chi connectivity index (χ0) is 20.3. The molecule has 0 bridgehead atoms. The fraction of sp³-hybridized carbons (Fsp3) is 0.118. The molecule has 6 nitrogen and oxygen atoms in total. The number of benzene rings is 2. The summed E-state index contributed by atoms with van der Waals surface area (Å²) < 4.78 is 27.3. The highest BCUT2D eigenvalue weighted by Gasteiger charge is 2.11. The number of rotatable bonds is 2. The third kappa shape index (κ3) is 4.89. The molecule has 0 fully saturated rings. The minimum absolute atomic E-state index is 0.0122. The molecule has 0 aliphatic heterocycles. The number of anilines is 1. The number of nitrogens with one attached hydrogen (secondary N) is 1. The van der Waals surface area contributed by atoms with Crippen LogP contribution in [0.4, 0.5) is 14.5 Å². The minimum Gasteiger partial charge on any atom is -0.396 e. The summed E-state index contributed by atoms with van der Waals surface area (Å²) in [5, 5.41) is 0.263. The molecule has 0 atom stereocenters. The van der Waals surface area contributed by atoms with E-state index in [9.17, 15) is 18.4 Å². The first kappa shape index (κ1) is 21.0. The fourth-order valence-corrected chi connectivity index (χ4v) is 3.03. The summed E-state index contributed by atoms with van der Waals surface area (Å²) >= 11 is 6.14. The first-order chi connectivity index (χ1) is 12.6. The Morgan fingerprint density at radius 1 is 1.15 bits per heavy atom. The van der Waals surface area contributed by atoms with Crippen LogP contribution in [-0.4, -0.2) is 15.9 Å². The fourth-order valence-electron chi connectivity index (χ4n) is 2.17. The van der Waals surface area contributed by atoms with Crippen LogP contribution in [0, 0.1) is 11.6 Å². The summed E-state index contributed by atoms with van der Waals surface area (Å²) in [5.41, 5.74) is 9.79. The first-order valence-electron chi connectivity index (χ1n) is 7.56. The van der Waals surface area contributed by atoms with Crippen LogP contribution in [0.1, 0.15) is 23.1 Å². The van der Waals surface area contributed by atoms with Gasteiger partial charge in [-0.2, -0.15) is 0 Å². The van der Waals surface area contributed by atoms with E-state index in [1.807, 2.05) is 6.92 Å². The van der Waals surface area contributed by atoms with Crippen molar-refractivity contribution >= 4 is 54.4 Å². The highest BCUT2D eigenvalue weighted by Crippen LogP contribution is 2.22. The molecule has 142 valence electrons. The second-order valence-corrected chi connectivity index (χ2v) is 7.19. The SMILES string of the molecule is CCc1nc2c(F)cc(Br)cc2c(=O)[nH]1.NC(=O)c1cc(Br)cc(F)c1N. The Balaban J connectivity index is 0.000000199. The van der Waals surface area contributed by atoms with Crippen molar-refractivity contribution in [2.75, 3.05) is 5.73 Å². The van der Waals surface area contributed by atoms with Crippen molar-refractivity contribution in [2.24, 2.45) is 5.73 Å². The maximum Gasteiger partial charge on any atom is 0.258 e. The summed E-state index contributed by atoms with van der Waals surface area (Å²) in [4.78, 5) is 28.9. The number of hydrogen-bond acceptors (Lipinski definition) is 4. The maximum absolute atomic E-state index is 13.5. The van der Waals surface area contributed by atoms with Gasteiger partial charge >= 0.3 is 0 Å². The van der Waals surface area contributed by atoms with E-state index in [0.29, 0.717) is 21.2 Å². The third-order valence-corrected chi connectivity index (χ3v) is 4.39. The molecule has 27 heavy (non-hydrogen) atoms. The van der Waals surface area contributed by atoms with Crippen LogP contribution in [0.5, 0.6) is 0 Å². The van der Waals surface area contributed by atoms with Crippen LogP contribution in [0.2, 0.25) is 0 Å². The molecule has 1 heterocycles. The average molecular weight is 504 g/mol. The number of nitrogen functional groups attached to an aromatic ring is 1. The topological polar surface area (TPSA) is 115 Å². The Bertz CT molecular complexity index is 1090. The second kappa shape index (κ2) is 8.57. The van der Waals surface area contributed by atoms with Crippen molar-refractivity contribution in [3.8, 4) is 0 Å². The van der Waals surface area contributed by atoms with Gasteiger partial charge in [-0.3, -0.25) is 9.59 Å². The highest BCUT2D eigenvalue weighted by atomic mass is 79.9. The van der Waals surface area contributed by atoms with Gasteiger partial charge in [0, 0.05) is 15.4 Å². The van der Waals surface area contributed by atoms with Crippen LogP contribution >= 0.6 is 31.9 Å². The molecule has 1 amide bonds. The number of fused-ring (bicyclic) bond motifs is 1. The van der Waals surface area contributed by atoms with Gasteiger partial charge in [0.25, 0.3) is 11.5 Å². The molecule has 2 aromatic carbocycles. The van der Waals surface area contributed by atoms with Gasteiger partial charge in [0.1, 0.15) is 17.2 Å². The molecule has 3 aromatic rings. The van der Waals surface area contributed by atoms with Gasteiger partial charge in [0.2, 0.25) is 0 Å². The molecular formula is C17H14Br2F2N4O2. The zero-order valence-electron chi connectivity index (χ0n) is 13.9. The van der Waals surface area contributed by atoms with E-state index in [-0.39, 0.29) is 27.7 Å². The predicted octanol–water partition coefficient (Wildman–Crippen LogP) is 3.66. The number of aromatic nitrogens is 2. The van der Waals surface area contributed by atoms with E-state index in [0.717, 1.165) is 0 Å². The van der Waals surface area contributed by atoms with Crippen LogP contribution in [0.15, 0.2) is 38.0 Å². The Morgan fingerprint density at radius 2 is 1.74 bits per heavy atom. The Morgan fingerprint density at radius 3 is 2.33 bits per heavy atom. The Labute approximate surface area is 169 Å². The van der Waals surface area contributed by atoms with Crippen molar-refractivity contribution in [3.63, 3.8) is 0 Å². The molecule has 10 heteroatoms. The number of aryl methyl sites for hydroxylation is 1. The summed E-state index contributed by atoms with van der Waals surface area (Å²) in [6, 6.07) is 5.40. The van der Waals surface area contributed by atoms with Gasteiger partial charge in [-0.25, -0.2) is 13.8 Å². The van der Waals surface area contributed by atoms with Gasteiger partial charge < -0.3 is 16.5 Å². The predicted molar refractivity (Wildman–Crippen MR) is 106 cm³/mol. The smallest absolute Gasteiger partial charge is 0.258 e. The molecule has 0 aliphatic carbocycles. The molecule has 3 rings (SSSR count). The third-order valence-electron chi connectivity index (χ3n) is 3.47. The molecule has 0 spiro atoms. The lowest BCUT2D eigenvalue weighted by molar-refractivity contribution is 0.100. The summed E-state index contributed by atoms with van der Waals surface area (Å²) in [5.74, 6) is -1.39. The average Bonchev–Trinajstić information content (AvgIpc) is 2.59. The largest absolute Gasteiger partial charge is 0.396 e. The number of carbonyl (C=O) groups excluding carboxylic acids is 1. The van der Waals surface area contributed by atoms with Gasteiger partial charge in [-0.05, 0) is 24.3 Å². The molecule has 0 saturated heterocycles. The molecule has 0 unspecified atom stereocenters. The van der Waals surface area contributed by atoms with E-state index in [1.54, 1.807) is 6.07 Å². The normalized spacial score (nSPS) is 10.4. The summed E-state index contributed by atoms with van der Waals surface area (Å²) in [7, 11) is 0. The van der Waals surface area contributed by atoms with Crippen LogP contribution in [0.3, 0.4) is 0 Å². The van der Waals surface area contributed by atoms with E-state index in [1.165, 1.54) is 18.2 Å². The molecule has 1 aromatic heterocycles. The van der Waals surface area contributed by atoms with Crippen molar-refractivity contribution in [3.05, 3.63) is 66.6 Å².